The van der Waals surface area contributed by atoms with Gasteiger partial charge in [0.2, 0.25) is 0 Å². The summed E-state index contributed by atoms with van der Waals surface area (Å²) in [6.45, 7) is 0. The average Bonchev–Trinajstić information content (AvgIpc) is 1.65. The molecule has 0 aromatic rings. The summed E-state index contributed by atoms with van der Waals surface area (Å²) in [7, 11) is 0. The first kappa shape index (κ1) is 16.2. The molecule has 0 spiro atoms. The van der Waals surface area contributed by atoms with Gasteiger partial charge in [-0.2, -0.15) is 0 Å². The van der Waals surface area contributed by atoms with Crippen LogP contribution in [0.1, 0.15) is 0 Å². The summed E-state index contributed by atoms with van der Waals surface area (Å²) in [6, 6.07) is 0. The van der Waals surface area contributed by atoms with Crippen LogP contribution in [-0.2, 0) is 21.0 Å². The van der Waals surface area contributed by atoms with Crippen molar-refractivity contribution in [2.75, 3.05) is 0 Å². The SMILES string of the molecule is O=CC=O.O=S([O-])O.[Na+]. The van der Waals surface area contributed by atoms with E-state index in [0.29, 0.717) is 0 Å². The van der Waals surface area contributed by atoms with E-state index in [2.05, 4.69) is 0 Å². The first-order chi connectivity index (χ1) is 3.65. The maximum atomic E-state index is 8.81. The average molecular weight is 162 g/mol. The molecule has 0 aliphatic carbocycles. The van der Waals surface area contributed by atoms with Crippen molar-refractivity contribution < 1.29 is 52.5 Å². The summed E-state index contributed by atoms with van der Waals surface area (Å²) in [6.07, 6.45) is 0.389. The molecular weight excluding hydrogens is 159 g/mol. The molecule has 1 unspecified atom stereocenters. The predicted molar refractivity (Wildman–Crippen MR) is 23.7 cm³/mol. The van der Waals surface area contributed by atoms with Gasteiger partial charge in [0, 0.05) is 0 Å². The molecule has 0 rings (SSSR count). The topological polar surface area (TPSA) is 94.5 Å². The van der Waals surface area contributed by atoms with Crippen LogP contribution in [-0.4, -0.2) is 25.9 Å². The zero-order valence-electron chi connectivity index (χ0n) is 4.64. The van der Waals surface area contributed by atoms with E-state index >= 15 is 0 Å². The van der Waals surface area contributed by atoms with Crippen LogP contribution in [0.5, 0.6) is 0 Å². The van der Waals surface area contributed by atoms with Crippen molar-refractivity contribution in [3.63, 3.8) is 0 Å². The van der Waals surface area contributed by atoms with Crippen molar-refractivity contribution in [2.45, 2.75) is 0 Å². The number of aldehydes is 2. The maximum absolute atomic E-state index is 8.81. The second kappa shape index (κ2) is 15.8. The van der Waals surface area contributed by atoms with Crippen molar-refractivity contribution in [1.82, 2.24) is 0 Å². The van der Waals surface area contributed by atoms with Crippen LogP contribution in [0.3, 0.4) is 0 Å². The van der Waals surface area contributed by atoms with Crippen LogP contribution in [0.25, 0.3) is 0 Å². The smallest absolute Gasteiger partial charge is 0.750 e. The Bertz CT molecular complexity index is 83.0. The van der Waals surface area contributed by atoms with Crippen molar-refractivity contribution in [1.29, 1.82) is 0 Å². The van der Waals surface area contributed by atoms with Crippen LogP contribution in [0.15, 0.2) is 0 Å². The third-order valence-corrected chi connectivity index (χ3v) is 0.0556. The monoisotopic (exact) mass is 162 g/mol. The number of hydrogen-bond acceptors (Lipinski definition) is 4. The summed E-state index contributed by atoms with van der Waals surface area (Å²) >= 11 is -2.86. The molecular formula is C2H3NaO5S. The van der Waals surface area contributed by atoms with E-state index < -0.39 is 11.4 Å². The molecule has 1 atom stereocenters. The zero-order valence-corrected chi connectivity index (χ0v) is 7.46. The Morgan fingerprint density at radius 3 is 1.44 bits per heavy atom. The Morgan fingerprint density at radius 2 is 1.44 bits per heavy atom. The van der Waals surface area contributed by atoms with Gasteiger partial charge in [0.25, 0.3) is 0 Å². The third-order valence-electron chi connectivity index (χ3n) is 0.0556. The Kier molecular flexibility index (Phi) is 28.4. The molecule has 0 aromatic heterocycles. The first-order valence-corrected chi connectivity index (χ1v) is 2.35. The largest absolute Gasteiger partial charge is 1.00 e. The summed E-state index contributed by atoms with van der Waals surface area (Å²) in [5, 5.41) is 0. The van der Waals surface area contributed by atoms with E-state index in [1.54, 1.807) is 0 Å². The standard InChI is InChI=1S/C2H2O2.Na.H2O3S/c3-1-2-4;;1-4(2)3/h1-2H;;(H2,1,2,3)/q;+1;/p-1. The molecule has 0 saturated carbocycles. The zero-order chi connectivity index (χ0) is 6.99. The Morgan fingerprint density at radius 1 is 1.33 bits per heavy atom. The molecule has 5 nitrogen and oxygen atoms in total. The number of carbonyl (C=O) groups is 2. The molecule has 0 bridgehead atoms. The van der Waals surface area contributed by atoms with Crippen LogP contribution in [0.4, 0.5) is 0 Å². The van der Waals surface area contributed by atoms with Gasteiger partial charge in [-0.3, -0.25) is 9.59 Å². The minimum absolute atomic E-state index is 0. The quantitative estimate of drug-likeness (QED) is 0.182. The molecule has 0 saturated heterocycles. The third kappa shape index (κ3) is 174. The van der Waals surface area contributed by atoms with Crippen molar-refractivity contribution in [3.8, 4) is 0 Å². The molecule has 0 heterocycles. The fraction of sp³-hybridized carbons (Fsp3) is 0. The normalized spacial score (nSPS) is 9.11. The molecule has 7 heteroatoms. The molecule has 0 radical (unpaired) electrons. The summed E-state index contributed by atoms with van der Waals surface area (Å²) in [5.41, 5.74) is 0. The predicted octanol–water partition coefficient (Wildman–Crippen LogP) is -4.27. The van der Waals surface area contributed by atoms with E-state index in [-0.39, 0.29) is 42.1 Å². The number of carbonyl (C=O) groups excluding carboxylic acids is 2. The fourth-order valence-electron chi connectivity index (χ4n) is 0. The van der Waals surface area contributed by atoms with Crippen LogP contribution < -0.4 is 29.6 Å². The number of rotatable bonds is 1. The van der Waals surface area contributed by atoms with Crippen LogP contribution in [0, 0.1) is 0 Å². The fourth-order valence-corrected chi connectivity index (χ4v) is 0. The molecule has 0 fully saturated rings. The minimum atomic E-state index is -2.86. The van der Waals surface area contributed by atoms with Crippen molar-refractivity contribution in [2.24, 2.45) is 0 Å². The van der Waals surface area contributed by atoms with Gasteiger partial charge in [-0.05, 0) is 0 Å². The van der Waals surface area contributed by atoms with Gasteiger partial charge in [-0.15, -0.1) is 0 Å². The molecule has 48 valence electrons. The first-order valence-electron chi connectivity index (χ1n) is 1.32. The second-order valence-electron chi connectivity index (χ2n) is 0.489. The van der Waals surface area contributed by atoms with Gasteiger partial charge in [0.1, 0.15) is 0 Å². The maximum Gasteiger partial charge on any atom is 1.00 e. The van der Waals surface area contributed by atoms with Crippen LogP contribution in [0.2, 0.25) is 0 Å². The molecule has 1 N–H and O–H groups in total. The van der Waals surface area contributed by atoms with Crippen molar-refractivity contribution >= 4 is 23.9 Å². The molecule has 9 heavy (non-hydrogen) atoms. The Labute approximate surface area is 76.2 Å². The van der Waals surface area contributed by atoms with E-state index in [4.69, 9.17) is 22.9 Å². The van der Waals surface area contributed by atoms with Gasteiger partial charge in [-0.1, -0.05) is 0 Å². The Hall–Kier alpha value is 0.410. The summed E-state index contributed by atoms with van der Waals surface area (Å²) < 4.78 is 24.1. The second-order valence-corrected chi connectivity index (χ2v) is 0.924. The molecule has 0 aliphatic heterocycles. The summed E-state index contributed by atoms with van der Waals surface area (Å²) in [5.74, 6) is 0. The van der Waals surface area contributed by atoms with Crippen molar-refractivity contribution in [3.05, 3.63) is 0 Å². The van der Waals surface area contributed by atoms with Gasteiger partial charge in [0.15, 0.2) is 12.6 Å². The van der Waals surface area contributed by atoms with E-state index in [0.717, 1.165) is 0 Å². The van der Waals surface area contributed by atoms with Crippen LogP contribution >= 0.6 is 0 Å². The van der Waals surface area contributed by atoms with E-state index in [9.17, 15) is 0 Å². The molecule has 0 amide bonds. The van der Waals surface area contributed by atoms with Gasteiger partial charge in [0.05, 0.1) is 11.4 Å². The van der Waals surface area contributed by atoms with Gasteiger partial charge in [-0.25, -0.2) is 4.21 Å². The van der Waals surface area contributed by atoms with Gasteiger partial charge < -0.3 is 9.11 Å². The summed E-state index contributed by atoms with van der Waals surface area (Å²) in [4.78, 5) is 17.6. The number of hydrogen-bond donors (Lipinski definition) is 1. The van der Waals surface area contributed by atoms with E-state index in [1.165, 1.54) is 0 Å². The molecule has 0 aromatic carbocycles. The Balaban J connectivity index is -0.0000000720. The van der Waals surface area contributed by atoms with E-state index in [1.807, 2.05) is 0 Å². The molecule has 0 aliphatic rings. The minimum Gasteiger partial charge on any atom is -0.750 e. The van der Waals surface area contributed by atoms with Gasteiger partial charge >= 0.3 is 29.6 Å².